The van der Waals surface area contributed by atoms with Gasteiger partial charge in [-0.25, -0.2) is 0 Å². The number of rotatable bonds is 3. The van der Waals surface area contributed by atoms with E-state index in [0.29, 0.717) is 22.6 Å². The van der Waals surface area contributed by atoms with E-state index < -0.39 is 0 Å². The third-order valence-electron chi connectivity index (χ3n) is 2.76. The summed E-state index contributed by atoms with van der Waals surface area (Å²) in [5, 5.41) is 9.19. The molecule has 0 aliphatic carbocycles. The molecular weight excluding hydrogens is 296 g/mol. The van der Waals surface area contributed by atoms with Gasteiger partial charge in [-0.05, 0) is 13.8 Å². The van der Waals surface area contributed by atoms with Gasteiger partial charge in [-0.1, -0.05) is 35.7 Å². The Hall–Kier alpha value is -1.28. The van der Waals surface area contributed by atoms with Crippen LogP contribution in [0.5, 0.6) is 0 Å². The predicted octanol–water partition coefficient (Wildman–Crippen LogP) is 1.36. The SMILES string of the molecule is C=C(C)CN1C(=O)[C@@H](C)S/C1=N/N=C1\SCC(=O)N1C. The Bertz CT molecular complexity index is 530. The molecule has 0 aromatic heterocycles. The van der Waals surface area contributed by atoms with Crippen LogP contribution in [0.25, 0.3) is 0 Å². The van der Waals surface area contributed by atoms with Gasteiger partial charge in [0, 0.05) is 13.6 Å². The van der Waals surface area contributed by atoms with Gasteiger partial charge in [0.15, 0.2) is 10.3 Å². The van der Waals surface area contributed by atoms with Crippen molar-refractivity contribution in [1.29, 1.82) is 0 Å². The van der Waals surface area contributed by atoms with Crippen molar-refractivity contribution >= 4 is 45.7 Å². The van der Waals surface area contributed by atoms with E-state index in [9.17, 15) is 9.59 Å². The normalized spacial score (nSPS) is 27.2. The average molecular weight is 312 g/mol. The van der Waals surface area contributed by atoms with Crippen molar-refractivity contribution < 1.29 is 9.59 Å². The maximum atomic E-state index is 12.0. The Labute approximate surface area is 126 Å². The zero-order valence-corrected chi connectivity index (χ0v) is 13.3. The molecule has 2 aliphatic rings. The Kier molecular flexibility index (Phi) is 4.54. The smallest absolute Gasteiger partial charge is 0.242 e. The van der Waals surface area contributed by atoms with Crippen LogP contribution in [-0.2, 0) is 9.59 Å². The molecule has 2 rings (SSSR count). The summed E-state index contributed by atoms with van der Waals surface area (Å²) < 4.78 is 0. The van der Waals surface area contributed by atoms with Crippen LogP contribution in [0.1, 0.15) is 13.8 Å². The molecule has 0 aromatic carbocycles. The summed E-state index contributed by atoms with van der Waals surface area (Å²) in [5.74, 6) is 0.412. The van der Waals surface area contributed by atoms with Crippen molar-refractivity contribution in [3.63, 3.8) is 0 Å². The minimum Gasteiger partial charge on any atom is -0.292 e. The van der Waals surface area contributed by atoms with Crippen LogP contribution in [0.2, 0.25) is 0 Å². The molecular formula is C12H16N4O2S2. The Morgan fingerprint density at radius 2 is 2.05 bits per heavy atom. The number of hydrogen-bond donors (Lipinski definition) is 0. The number of carbonyl (C=O) groups excluding carboxylic acids is 2. The molecule has 6 nitrogen and oxygen atoms in total. The third kappa shape index (κ3) is 3.06. The molecule has 0 spiro atoms. The van der Waals surface area contributed by atoms with E-state index >= 15 is 0 Å². The number of thioether (sulfide) groups is 2. The Morgan fingerprint density at radius 3 is 2.60 bits per heavy atom. The van der Waals surface area contributed by atoms with E-state index in [4.69, 9.17) is 0 Å². The van der Waals surface area contributed by atoms with Crippen molar-refractivity contribution in [2.24, 2.45) is 10.2 Å². The third-order valence-corrected chi connectivity index (χ3v) is 4.83. The van der Waals surface area contributed by atoms with Gasteiger partial charge in [-0.3, -0.25) is 19.4 Å². The van der Waals surface area contributed by atoms with Crippen molar-refractivity contribution in [3.05, 3.63) is 12.2 Å². The molecule has 0 bridgehead atoms. The lowest BCUT2D eigenvalue weighted by Gasteiger charge is -2.15. The van der Waals surface area contributed by atoms with Crippen LogP contribution in [0, 0.1) is 0 Å². The Balaban J connectivity index is 2.19. The molecule has 0 radical (unpaired) electrons. The number of amides is 2. The first-order valence-electron chi connectivity index (χ1n) is 6.07. The highest BCUT2D eigenvalue weighted by Crippen LogP contribution is 2.28. The zero-order valence-electron chi connectivity index (χ0n) is 11.6. The molecule has 108 valence electrons. The second-order valence-electron chi connectivity index (χ2n) is 4.65. The van der Waals surface area contributed by atoms with Gasteiger partial charge in [0.1, 0.15) is 0 Å². The molecule has 2 fully saturated rings. The lowest BCUT2D eigenvalue weighted by molar-refractivity contribution is -0.125. The summed E-state index contributed by atoms with van der Waals surface area (Å²) in [7, 11) is 1.67. The van der Waals surface area contributed by atoms with E-state index in [2.05, 4.69) is 16.8 Å². The van der Waals surface area contributed by atoms with Gasteiger partial charge in [-0.2, -0.15) is 0 Å². The highest BCUT2D eigenvalue weighted by atomic mass is 32.2. The van der Waals surface area contributed by atoms with Gasteiger partial charge in [0.2, 0.25) is 11.8 Å². The van der Waals surface area contributed by atoms with E-state index in [0.717, 1.165) is 5.57 Å². The molecule has 8 heteroatoms. The van der Waals surface area contributed by atoms with Crippen LogP contribution in [0.4, 0.5) is 0 Å². The van der Waals surface area contributed by atoms with Gasteiger partial charge in [-0.15, -0.1) is 10.2 Å². The maximum Gasteiger partial charge on any atom is 0.242 e. The fourth-order valence-electron chi connectivity index (χ4n) is 1.69. The van der Waals surface area contributed by atoms with Crippen LogP contribution < -0.4 is 0 Å². The number of amidine groups is 2. The molecule has 2 aliphatic heterocycles. The molecule has 2 saturated heterocycles. The van der Waals surface area contributed by atoms with Crippen molar-refractivity contribution in [2.45, 2.75) is 19.1 Å². The minimum absolute atomic E-state index is 0.0104. The van der Waals surface area contributed by atoms with Gasteiger partial charge < -0.3 is 0 Å². The minimum atomic E-state index is -0.163. The lowest BCUT2D eigenvalue weighted by atomic mass is 10.3. The number of nitrogens with zero attached hydrogens (tertiary/aromatic N) is 4. The summed E-state index contributed by atoms with van der Waals surface area (Å²) >= 11 is 2.72. The first-order valence-corrected chi connectivity index (χ1v) is 7.94. The maximum absolute atomic E-state index is 12.0. The molecule has 20 heavy (non-hydrogen) atoms. The summed E-state index contributed by atoms with van der Waals surface area (Å²) in [4.78, 5) is 26.5. The van der Waals surface area contributed by atoms with Crippen LogP contribution in [0.3, 0.4) is 0 Å². The first-order chi connectivity index (χ1) is 9.40. The molecule has 0 N–H and O–H groups in total. The van der Waals surface area contributed by atoms with E-state index in [1.807, 2.05) is 13.8 Å². The second-order valence-corrected chi connectivity index (χ2v) is 6.90. The molecule has 0 saturated carbocycles. The first kappa shape index (κ1) is 15.1. The summed E-state index contributed by atoms with van der Waals surface area (Å²) in [6.45, 7) is 7.97. The van der Waals surface area contributed by atoms with Crippen LogP contribution in [-0.4, -0.2) is 56.5 Å². The van der Waals surface area contributed by atoms with Crippen LogP contribution >= 0.6 is 23.5 Å². The van der Waals surface area contributed by atoms with Crippen molar-refractivity contribution in [2.75, 3.05) is 19.3 Å². The van der Waals surface area contributed by atoms with E-state index in [-0.39, 0.29) is 17.1 Å². The van der Waals surface area contributed by atoms with E-state index in [1.54, 1.807) is 11.9 Å². The highest BCUT2D eigenvalue weighted by Gasteiger charge is 2.35. The molecule has 0 unspecified atom stereocenters. The van der Waals surface area contributed by atoms with Gasteiger partial charge in [0.25, 0.3) is 0 Å². The second kappa shape index (κ2) is 6.01. The topological polar surface area (TPSA) is 65.3 Å². The standard InChI is InChI=1S/C12H16N4O2S2/c1-7(2)5-16-10(18)8(3)20-12(16)14-13-11-15(4)9(17)6-19-11/h8H,1,5-6H2,2-4H3/b13-11-,14-12+/t8-/m1/s1. The summed E-state index contributed by atoms with van der Waals surface area (Å²) in [6.07, 6.45) is 0. The number of carbonyl (C=O) groups is 2. The fourth-order valence-corrected chi connectivity index (χ4v) is 3.44. The Morgan fingerprint density at radius 1 is 1.40 bits per heavy atom. The fraction of sp³-hybridized carbons (Fsp3) is 0.500. The number of hydrogen-bond acceptors (Lipinski definition) is 6. The van der Waals surface area contributed by atoms with Crippen molar-refractivity contribution in [1.82, 2.24) is 9.80 Å². The zero-order chi connectivity index (χ0) is 14.9. The van der Waals surface area contributed by atoms with Gasteiger partial charge in [0.05, 0.1) is 11.0 Å². The molecule has 2 amide bonds. The summed E-state index contributed by atoms with van der Waals surface area (Å²) in [6, 6.07) is 0. The van der Waals surface area contributed by atoms with Crippen molar-refractivity contribution in [3.8, 4) is 0 Å². The van der Waals surface area contributed by atoms with Crippen LogP contribution in [0.15, 0.2) is 22.4 Å². The monoisotopic (exact) mass is 312 g/mol. The highest BCUT2D eigenvalue weighted by molar-refractivity contribution is 8.15. The molecule has 1 atom stereocenters. The largest absolute Gasteiger partial charge is 0.292 e. The average Bonchev–Trinajstić information content (AvgIpc) is 2.83. The predicted molar refractivity (Wildman–Crippen MR) is 83.7 cm³/mol. The summed E-state index contributed by atoms with van der Waals surface area (Å²) in [5.41, 5.74) is 0.885. The van der Waals surface area contributed by atoms with E-state index in [1.165, 1.54) is 28.4 Å². The molecule has 0 aromatic rings. The lowest BCUT2D eigenvalue weighted by Crippen LogP contribution is -2.32. The van der Waals surface area contributed by atoms with Gasteiger partial charge >= 0.3 is 0 Å². The molecule has 2 heterocycles. The quantitative estimate of drug-likeness (QED) is 0.583.